The second-order valence-electron chi connectivity index (χ2n) is 9.21. The maximum atomic E-state index is 14.9. The summed E-state index contributed by atoms with van der Waals surface area (Å²) in [6, 6.07) is 18.3. The van der Waals surface area contributed by atoms with E-state index in [9.17, 15) is 8.78 Å². The van der Waals surface area contributed by atoms with Gasteiger partial charge in [0.2, 0.25) is 0 Å². The van der Waals surface area contributed by atoms with E-state index in [1.165, 1.54) is 12.5 Å². The second-order valence-corrected chi connectivity index (χ2v) is 9.21. The van der Waals surface area contributed by atoms with Crippen LogP contribution in [0.1, 0.15) is 74.6 Å². The molecule has 2 nitrogen and oxygen atoms in total. The van der Waals surface area contributed by atoms with Crippen molar-refractivity contribution >= 4 is 0 Å². The number of nitrogens with zero attached hydrogens (tertiary/aromatic N) is 2. The average molecular weight is 439 g/mol. The molecule has 2 aromatic rings. The van der Waals surface area contributed by atoms with Gasteiger partial charge in [-0.05, 0) is 86.7 Å². The first-order chi connectivity index (χ1) is 15.4. The van der Waals surface area contributed by atoms with Gasteiger partial charge in [0.15, 0.2) is 0 Å². The van der Waals surface area contributed by atoms with Crippen LogP contribution in [0.4, 0.5) is 8.78 Å². The fraction of sp³-hybridized carbons (Fsp3) is 0.536. The van der Waals surface area contributed by atoms with Gasteiger partial charge >= 0.3 is 0 Å². The Bertz CT molecular complexity index is 895. The Kier molecular flexibility index (Phi) is 8.43. The zero-order valence-corrected chi connectivity index (χ0v) is 19.5. The fourth-order valence-electron chi connectivity index (χ4n) is 4.36. The molecular weight excluding hydrogens is 402 g/mol. The molecule has 32 heavy (non-hydrogen) atoms. The Morgan fingerprint density at radius 2 is 1.47 bits per heavy atom. The number of halogens is 2. The van der Waals surface area contributed by atoms with Gasteiger partial charge in [0.05, 0.1) is 6.07 Å². The molecule has 0 heterocycles. The molecule has 0 aromatic heterocycles. The Morgan fingerprint density at radius 1 is 0.844 bits per heavy atom. The minimum Gasteiger partial charge on any atom is -0.303 e. The van der Waals surface area contributed by atoms with Crippen LogP contribution in [0.15, 0.2) is 48.5 Å². The largest absolute Gasteiger partial charge is 0.303 e. The predicted molar refractivity (Wildman–Crippen MR) is 127 cm³/mol. The summed E-state index contributed by atoms with van der Waals surface area (Å²) in [5, 5.41) is 7.32. The molecule has 172 valence electrons. The summed E-state index contributed by atoms with van der Waals surface area (Å²) in [6.07, 6.45) is 6.37. The monoisotopic (exact) mass is 438 g/mol. The normalized spacial score (nSPS) is 17.2. The van der Waals surface area contributed by atoms with Crippen LogP contribution in [0, 0.1) is 11.3 Å². The molecule has 0 unspecified atom stereocenters. The van der Waals surface area contributed by atoms with Gasteiger partial charge in [-0.25, -0.2) is 8.78 Å². The lowest BCUT2D eigenvalue weighted by atomic mass is 9.93. The lowest BCUT2D eigenvalue weighted by molar-refractivity contribution is 0.273. The van der Waals surface area contributed by atoms with Crippen molar-refractivity contribution in [3.05, 3.63) is 70.8 Å². The van der Waals surface area contributed by atoms with Gasteiger partial charge < -0.3 is 4.90 Å². The molecule has 2 aliphatic rings. The van der Waals surface area contributed by atoms with Crippen molar-refractivity contribution in [2.75, 3.05) is 19.6 Å². The first-order valence-electron chi connectivity index (χ1n) is 12.0. The van der Waals surface area contributed by atoms with Gasteiger partial charge in [-0.3, -0.25) is 0 Å². The van der Waals surface area contributed by atoms with E-state index in [0.717, 1.165) is 50.9 Å². The number of hydrogen-bond donors (Lipinski definition) is 0. The lowest BCUT2D eigenvalue weighted by Gasteiger charge is -2.22. The van der Waals surface area contributed by atoms with E-state index >= 15 is 0 Å². The molecule has 0 N–H and O–H groups in total. The van der Waals surface area contributed by atoms with Gasteiger partial charge in [0, 0.05) is 13.5 Å². The summed E-state index contributed by atoms with van der Waals surface area (Å²) in [5.41, 5.74) is 1.27. The molecule has 4 heteroatoms. The molecule has 2 aromatic carbocycles. The molecule has 0 saturated heterocycles. The second kappa shape index (κ2) is 11.1. The van der Waals surface area contributed by atoms with E-state index in [1.807, 2.05) is 18.2 Å². The van der Waals surface area contributed by atoms with Crippen LogP contribution >= 0.6 is 0 Å². The molecule has 0 aliphatic heterocycles. The minimum absolute atomic E-state index is 0.544. The van der Waals surface area contributed by atoms with E-state index in [0.29, 0.717) is 36.8 Å². The molecule has 0 amide bonds. The zero-order chi connectivity index (χ0) is 23.0. The smallest absolute Gasteiger partial charge is 0.136 e. The molecule has 0 spiro atoms. The van der Waals surface area contributed by atoms with Gasteiger partial charge in [0.1, 0.15) is 11.3 Å². The summed E-state index contributed by atoms with van der Waals surface area (Å²) in [5.74, 6) is 0. The highest BCUT2D eigenvalue weighted by atomic mass is 19.1. The summed E-state index contributed by atoms with van der Waals surface area (Å²) >= 11 is 0. The van der Waals surface area contributed by atoms with Crippen LogP contribution in [-0.2, 0) is 24.2 Å². The number of aryl methyl sites for hydroxylation is 1. The van der Waals surface area contributed by atoms with Gasteiger partial charge in [-0.2, -0.15) is 5.26 Å². The Morgan fingerprint density at radius 3 is 2.06 bits per heavy atom. The highest BCUT2D eigenvalue weighted by molar-refractivity contribution is 5.44. The molecule has 0 atom stereocenters. The Labute approximate surface area is 192 Å². The Balaban J connectivity index is 0.000000913. The third-order valence-corrected chi connectivity index (χ3v) is 6.47. The standard InChI is InChI=1S/C26H33F2N.C2H3N/c1-2-17-29(19-12-21-7-4-3-5-8-21)18-6-9-22-10-11-23(25(27)13-14-25)24(20-22)26(28)15-16-26;1-2-3/h3-5,7-8,10-11,20H,2,6,9,12-19H2,1H3;1H3. The maximum Gasteiger partial charge on any atom is 0.136 e. The molecule has 2 fully saturated rings. The van der Waals surface area contributed by atoms with E-state index in [-0.39, 0.29) is 0 Å². The van der Waals surface area contributed by atoms with Crippen LogP contribution in [0.3, 0.4) is 0 Å². The summed E-state index contributed by atoms with van der Waals surface area (Å²) in [6.45, 7) is 6.88. The summed E-state index contributed by atoms with van der Waals surface area (Å²) in [7, 11) is 0. The maximum absolute atomic E-state index is 14.9. The lowest BCUT2D eigenvalue weighted by Crippen LogP contribution is -2.28. The number of hydrogen-bond acceptors (Lipinski definition) is 2. The van der Waals surface area contributed by atoms with E-state index in [4.69, 9.17) is 5.26 Å². The molecule has 4 rings (SSSR count). The van der Waals surface area contributed by atoms with Crippen molar-refractivity contribution in [1.29, 1.82) is 5.26 Å². The van der Waals surface area contributed by atoms with E-state index in [1.54, 1.807) is 6.07 Å². The Hall–Kier alpha value is -2.25. The molecule has 2 saturated carbocycles. The van der Waals surface area contributed by atoms with E-state index < -0.39 is 11.3 Å². The third-order valence-electron chi connectivity index (χ3n) is 6.47. The highest BCUT2D eigenvalue weighted by Gasteiger charge is 2.53. The summed E-state index contributed by atoms with van der Waals surface area (Å²) < 4.78 is 29.5. The molecular formula is C28H36F2N2. The van der Waals surface area contributed by atoms with Crippen molar-refractivity contribution in [2.45, 2.75) is 76.6 Å². The third kappa shape index (κ3) is 6.62. The van der Waals surface area contributed by atoms with Crippen LogP contribution in [-0.4, -0.2) is 24.5 Å². The van der Waals surface area contributed by atoms with Gasteiger partial charge in [-0.15, -0.1) is 0 Å². The average Bonchev–Trinajstić information content (AvgIpc) is 3.72. The zero-order valence-electron chi connectivity index (χ0n) is 19.5. The minimum atomic E-state index is -1.27. The highest BCUT2D eigenvalue weighted by Crippen LogP contribution is 2.58. The van der Waals surface area contributed by atoms with Crippen molar-refractivity contribution in [3.63, 3.8) is 0 Å². The van der Waals surface area contributed by atoms with Crippen LogP contribution in [0.2, 0.25) is 0 Å². The molecule has 0 radical (unpaired) electrons. The first-order valence-corrected chi connectivity index (χ1v) is 12.0. The fourth-order valence-corrected chi connectivity index (χ4v) is 4.36. The van der Waals surface area contributed by atoms with Crippen molar-refractivity contribution in [1.82, 2.24) is 4.90 Å². The topological polar surface area (TPSA) is 27.0 Å². The molecule has 0 bridgehead atoms. The number of nitriles is 1. The van der Waals surface area contributed by atoms with Crippen molar-refractivity contribution in [2.24, 2.45) is 0 Å². The number of alkyl halides is 2. The van der Waals surface area contributed by atoms with Crippen molar-refractivity contribution in [3.8, 4) is 6.07 Å². The van der Waals surface area contributed by atoms with Crippen LogP contribution in [0.5, 0.6) is 0 Å². The van der Waals surface area contributed by atoms with Crippen LogP contribution < -0.4 is 0 Å². The van der Waals surface area contributed by atoms with Crippen molar-refractivity contribution < 1.29 is 8.78 Å². The van der Waals surface area contributed by atoms with Gasteiger partial charge in [-0.1, -0.05) is 55.5 Å². The predicted octanol–water partition coefficient (Wildman–Crippen LogP) is 7.02. The number of rotatable bonds is 11. The SMILES string of the molecule is CC#N.CCCN(CCCc1ccc(C2(F)CC2)c(C2(F)CC2)c1)CCc1ccccc1. The molecule has 2 aliphatic carbocycles. The quantitative estimate of drug-likeness (QED) is 0.377. The van der Waals surface area contributed by atoms with E-state index in [2.05, 4.69) is 42.2 Å². The first kappa shape index (κ1) is 24.4. The summed E-state index contributed by atoms with van der Waals surface area (Å²) in [4.78, 5) is 2.53. The number of benzene rings is 2. The van der Waals surface area contributed by atoms with Gasteiger partial charge in [0.25, 0.3) is 0 Å². The van der Waals surface area contributed by atoms with Crippen LogP contribution in [0.25, 0.3) is 0 Å².